The monoisotopic (exact) mass is 701 g/mol. The molecule has 4 bridgehead atoms. The van der Waals surface area contributed by atoms with Crippen molar-refractivity contribution in [2.24, 2.45) is 11.7 Å². The van der Waals surface area contributed by atoms with E-state index in [9.17, 15) is 19.2 Å². The van der Waals surface area contributed by atoms with Gasteiger partial charge < -0.3 is 26.6 Å². The first-order chi connectivity index (χ1) is 23.7. The fourth-order valence-electron chi connectivity index (χ4n) is 5.62. The lowest BCUT2D eigenvalue weighted by molar-refractivity contribution is -0.122. The zero-order valence-electron chi connectivity index (χ0n) is 27.8. The van der Waals surface area contributed by atoms with Crippen LogP contribution in [0.15, 0.2) is 65.4 Å². The second-order valence-electron chi connectivity index (χ2n) is 12.5. The van der Waals surface area contributed by atoms with Crippen LogP contribution in [0.5, 0.6) is 0 Å². The highest BCUT2D eigenvalue weighted by molar-refractivity contribution is 7.10. The molecule has 258 valence electrons. The summed E-state index contributed by atoms with van der Waals surface area (Å²) >= 11 is 2.65. The van der Waals surface area contributed by atoms with Crippen molar-refractivity contribution >= 4 is 46.3 Å². The maximum atomic E-state index is 13.6. The summed E-state index contributed by atoms with van der Waals surface area (Å²) in [5.41, 5.74) is 8.74. The number of amides is 4. The van der Waals surface area contributed by atoms with E-state index in [0.29, 0.717) is 67.4 Å². The molecule has 13 heteroatoms. The molecule has 0 saturated carbocycles. The van der Waals surface area contributed by atoms with Gasteiger partial charge in [-0.3, -0.25) is 19.2 Å². The van der Waals surface area contributed by atoms with Gasteiger partial charge in [0.25, 0.3) is 17.7 Å². The van der Waals surface area contributed by atoms with Crippen molar-refractivity contribution in [3.05, 3.63) is 103 Å². The Morgan fingerprint density at radius 2 is 1.51 bits per heavy atom. The van der Waals surface area contributed by atoms with E-state index >= 15 is 0 Å². The first-order valence-electron chi connectivity index (χ1n) is 16.6. The number of thiazole rings is 2. The van der Waals surface area contributed by atoms with Gasteiger partial charge in [-0.05, 0) is 54.9 Å². The average Bonchev–Trinajstić information content (AvgIpc) is 3.80. The Hall–Kier alpha value is -4.46. The third kappa shape index (κ3) is 10.0. The van der Waals surface area contributed by atoms with E-state index in [1.807, 2.05) is 42.5 Å². The van der Waals surface area contributed by atoms with Crippen molar-refractivity contribution in [3.63, 3.8) is 0 Å². The second kappa shape index (κ2) is 17.3. The van der Waals surface area contributed by atoms with Gasteiger partial charge in [0.2, 0.25) is 5.91 Å². The van der Waals surface area contributed by atoms with Crippen molar-refractivity contribution in [3.8, 4) is 0 Å². The molecule has 0 fully saturated rings. The minimum Gasteiger partial charge on any atom is -0.351 e. The second-order valence-corrected chi connectivity index (χ2v) is 14.3. The van der Waals surface area contributed by atoms with Crippen LogP contribution in [0.1, 0.15) is 104 Å². The van der Waals surface area contributed by atoms with Crippen molar-refractivity contribution in [1.29, 1.82) is 0 Å². The molecule has 0 radical (unpaired) electrons. The van der Waals surface area contributed by atoms with E-state index < -0.39 is 6.04 Å². The minimum absolute atomic E-state index is 0.146. The van der Waals surface area contributed by atoms with Gasteiger partial charge in [-0.2, -0.15) is 0 Å². The number of nitrogens with one attached hydrogen (secondary N) is 3. The lowest BCUT2D eigenvalue weighted by atomic mass is 10.0. The zero-order valence-corrected chi connectivity index (χ0v) is 29.4. The Balaban J connectivity index is 1.40. The van der Waals surface area contributed by atoms with E-state index in [4.69, 9.17) is 5.73 Å². The van der Waals surface area contributed by atoms with Crippen LogP contribution in [0, 0.1) is 5.92 Å². The van der Waals surface area contributed by atoms with Gasteiger partial charge in [0.15, 0.2) is 0 Å². The molecule has 0 spiro atoms. The minimum atomic E-state index is -0.495. The number of benzene rings is 2. The predicted octanol–water partition coefficient (Wildman–Crippen LogP) is 5.03. The molecule has 49 heavy (non-hydrogen) atoms. The number of hydrogen-bond acceptors (Lipinski definition) is 9. The van der Waals surface area contributed by atoms with Crippen molar-refractivity contribution in [2.45, 2.75) is 64.6 Å². The molecule has 2 aromatic heterocycles. The van der Waals surface area contributed by atoms with Gasteiger partial charge in [-0.15, -0.1) is 22.7 Å². The molecular formula is C36H43N7O4S2. The quantitative estimate of drug-likeness (QED) is 0.219. The molecule has 0 saturated heterocycles. The molecule has 5 rings (SSSR count). The first kappa shape index (κ1) is 35.8. The summed E-state index contributed by atoms with van der Waals surface area (Å²) in [5.74, 6) is -0.706. The summed E-state index contributed by atoms with van der Waals surface area (Å²) in [6.07, 6.45) is 2.31. The summed E-state index contributed by atoms with van der Waals surface area (Å²) in [4.78, 5) is 64.4. The Bertz CT molecular complexity index is 1720. The van der Waals surface area contributed by atoms with Crippen molar-refractivity contribution < 1.29 is 19.2 Å². The third-order valence-electron chi connectivity index (χ3n) is 8.18. The fourth-order valence-corrected chi connectivity index (χ4v) is 7.33. The Morgan fingerprint density at radius 3 is 2.18 bits per heavy atom. The molecule has 1 unspecified atom stereocenters. The molecule has 11 nitrogen and oxygen atoms in total. The Morgan fingerprint density at radius 1 is 0.857 bits per heavy atom. The zero-order chi connectivity index (χ0) is 34.8. The van der Waals surface area contributed by atoms with Crippen LogP contribution in [-0.4, -0.2) is 58.1 Å². The van der Waals surface area contributed by atoms with Gasteiger partial charge in [-0.1, -0.05) is 56.3 Å². The molecular weight excluding hydrogens is 659 g/mol. The number of carbonyl (C=O) groups excluding carboxylic acids is 4. The SMILES string of the molecule is CC(C)CC1NC(=O)CCCN(C(=O)c2ccc(CN)cc2)CCCNC(=O)c2csc(n2)[C@H](Cc2ccccc2)NC(=O)c2csc1n2. The lowest BCUT2D eigenvalue weighted by Crippen LogP contribution is -2.36. The Labute approximate surface area is 294 Å². The number of aromatic nitrogens is 2. The topological polar surface area (TPSA) is 159 Å². The van der Waals surface area contributed by atoms with E-state index in [1.54, 1.807) is 27.8 Å². The van der Waals surface area contributed by atoms with Crippen molar-refractivity contribution in [2.75, 3.05) is 19.6 Å². The van der Waals surface area contributed by atoms with Crippen molar-refractivity contribution in [1.82, 2.24) is 30.8 Å². The Kier molecular flexibility index (Phi) is 12.6. The number of carbonyl (C=O) groups is 4. The molecule has 1 aliphatic rings. The van der Waals surface area contributed by atoms with Crippen LogP contribution in [0.2, 0.25) is 0 Å². The van der Waals surface area contributed by atoms with E-state index in [2.05, 4.69) is 39.8 Å². The van der Waals surface area contributed by atoms with Crippen LogP contribution >= 0.6 is 22.7 Å². The van der Waals surface area contributed by atoms with Crippen LogP contribution in [0.3, 0.4) is 0 Å². The lowest BCUT2D eigenvalue weighted by Gasteiger charge is -2.23. The number of fused-ring (bicyclic) bond motifs is 4. The van der Waals surface area contributed by atoms with Crippen LogP contribution < -0.4 is 21.7 Å². The molecule has 4 aromatic rings. The summed E-state index contributed by atoms with van der Waals surface area (Å²) in [5, 5.41) is 13.8. The molecule has 3 heterocycles. The van der Waals surface area contributed by atoms with Crippen LogP contribution in [0.4, 0.5) is 0 Å². The molecule has 0 aliphatic carbocycles. The summed E-state index contributed by atoms with van der Waals surface area (Å²) < 4.78 is 0. The summed E-state index contributed by atoms with van der Waals surface area (Å²) in [6, 6.07) is 16.1. The number of rotatable bonds is 6. The fraction of sp³-hybridized carbons (Fsp3) is 0.389. The number of nitrogens with two attached hydrogens (primary N) is 1. The summed E-state index contributed by atoms with van der Waals surface area (Å²) in [6.45, 7) is 5.63. The smallest absolute Gasteiger partial charge is 0.271 e. The molecule has 2 atom stereocenters. The van der Waals surface area contributed by atoms with Crippen LogP contribution in [-0.2, 0) is 17.8 Å². The third-order valence-corrected chi connectivity index (χ3v) is 10.1. The highest BCUT2D eigenvalue weighted by Crippen LogP contribution is 2.27. The first-order valence-corrected chi connectivity index (χ1v) is 18.4. The number of hydrogen-bond donors (Lipinski definition) is 4. The number of nitrogens with zero attached hydrogens (tertiary/aromatic N) is 3. The molecule has 1 aliphatic heterocycles. The highest BCUT2D eigenvalue weighted by atomic mass is 32.1. The van der Waals surface area contributed by atoms with Crippen LogP contribution in [0.25, 0.3) is 0 Å². The molecule has 2 aromatic carbocycles. The molecule has 4 amide bonds. The largest absolute Gasteiger partial charge is 0.351 e. The van der Waals surface area contributed by atoms with Gasteiger partial charge in [0.1, 0.15) is 21.4 Å². The van der Waals surface area contributed by atoms with E-state index in [1.165, 1.54) is 22.7 Å². The van der Waals surface area contributed by atoms with Gasteiger partial charge in [-0.25, -0.2) is 9.97 Å². The standard InChI is InChI=1S/C36H43N7O4S2/c1-23(2)18-27-34-42-30(22-49-34)33(46)40-28(19-24-8-4-3-5-9-24)35-41-29(21-48-35)32(45)38-15-7-17-43(16-6-10-31(44)39-27)36(47)26-13-11-25(20-37)12-14-26/h3-5,8-9,11-14,21-23,27-28H,6-7,10,15-20,37H2,1-2H3,(H,38,45)(H,39,44)(H,40,46)/t27?,28-/m0/s1. The maximum Gasteiger partial charge on any atom is 0.271 e. The van der Waals surface area contributed by atoms with Gasteiger partial charge in [0, 0.05) is 48.9 Å². The molecule has 5 N–H and O–H groups in total. The van der Waals surface area contributed by atoms with E-state index in [0.717, 1.165) is 11.1 Å². The normalized spacial score (nSPS) is 18.3. The van der Waals surface area contributed by atoms with Gasteiger partial charge in [0.05, 0.1) is 12.1 Å². The predicted molar refractivity (Wildman–Crippen MR) is 191 cm³/mol. The summed E-state index contributed by atoms with van der Waals surface area (Å²) in [7, 11) is 0. The maximum absolute atomic E-state index is 13.6. The van der Waals surface area contributed by atoms with E-state index in [-0.39, 0.29) is 53.4 Å². The highest BCUT2D eigenvalue weighted by Gasteiger charge is 2.26. The van der Waals surface area contributed by atoms with Gasteiger partial charge >= 0.3 is 0 Å². The average molecular weight is 702 g/mol.